The molecule has 0 radical (unpaired) electrons. The fourth-order valence-electron chi connectivity index (χ4n) is 3.79. The zero-order valence-corrected chi connectivity index (χ0v) is 16.7. The second-order valence-corrected chi connectivity index (χ2v) is 7.23. The summed E-state index contributed by atoms with van der Waals surface area (Å²) >= 11 is 0. The Morgan fingerprint density at radius 3 is 1.83 bits per heavy atom. The van der Waals surface area contributed by atoms with Crippen LogP contribution in [0.2, 0.25) is 0 Å². The summed E-state index contributed by atoms with van der Waals surface area (Å²) in [6.45, 7) is 2.21. The Morgan fingerprint density at radius 1 is 0.690 bits per heavy atom. The molecule has 0 saturated heterocycles. The second-order valence-electron chi connectivity index (χ2n) is 7.23. The first-order valence-corrected chi connectivity index (χ1v) is 10.2. The Bertz CT molecular complexity index is 1060. The molecule has 2 heteroatoms. The first-order valence-electron chi connectivity index (χ1n) is 10.2. The van der Waals surface area contributed by atoms with Crippen LogP contribution in [0.5, 0.6) is 0 Å². The number of para-hydroxylation sites is 2. The van der Waals surface area contributed by atoms with Crippen LogP contribution in [0.15, 0.2) is 97.1 Å². The SMILES string of the molecule is CCCCc1ccc(C(=O)N(c2ccccc2)c2ccccc2)c2ccccc12. The molecular formula is C27H25NO. The number of amides is 1. The van der Waals surface area contributed by atoms with Crippen LogP contribution in [0.3, 0.4) is 0 Å². The van der Waals surface area contributed by atoms with Gasteiger partial charge in [0.15, 0.2) is 0 Å². The summed E-state index contributed by atoms with van der Waals surface area (Å²) in [6.07, 6.45) is 3.34. The van der Waals surface area contributed by atoms with Gasteiger partial charge in [-0.1, -0.05) is 80.1 Å². The minimum Gasteiger partial charge on any atom is -0.277 e. The molecule has 0 N–H and O–H groups in total. The summed E-state index contributed by atoms with van der Waals surface area (Å²) in [5.41, 5.74) is 3.77. The fourth-order valence-corrected chi connectivity index (χ4v) is 3.79. The standard InChI is InChI=1S/C27H25NO/c1-2-3-12-21-19-20-26(25-18-11-10-17-24(21)25)27(29)28(22-13-6-4-7-14-22)23-15-8-5-9-16-23/h4-11,13-20H,2-3,12H2,1H3. The minimum absolute atomic E-state index is 0.0133. The molecule has 0 aliphatic heterocycles. The van der Waals surface area contributed by atoms with Crippen LogP contribution in [0, 0.1) is 0 Å². The maximum Gasteiger partial charge on any atom is 0.263 e. The summed E-state index contributed by atoms with van der Waals surface area (Å²) in [5, 5.41) is 2.19. The highest BCUT2D eigenvalue weighted by Crippen LogP contribution is 2.31. The lowest BCUT2D eigenvalue weighted by atomic mass is 9.95. The molecule has 0 aromatic heterocycles. The molecule has 2 nitrogen and oxygen atoms in total. The van der Waals surface area contributed by atoms with Gasteiger partial charge in [-0.2, -0.15) is 0 Å². The van der Waals surface area contributed by atoms with Crippen LogP contribution < -0.4 is 4.90 Å². The third-order valence-electron chi connectivity index (χ3n) is 5.28. The Morgan fingerprint density at radius 2 is 1.24 bits per heavy atom. The molecule has 144 valence electrons. The van der Waals surface area contributed by atoms with E-state index >= 15 is 0 Å². The van der Waals surface area contributed by atoms with E-state index in [1.807, 2.05) is 72.8 Å². The van der Waals surface area contributed by atoms with E-state index in [9.17, 15) is 4.79 Å². The number of unbranched alkanes of at least 4 members (excludes halogenated alkanes) is 1. The molecule has 4 aromatic carbocycles. The highest BCUT2D eigenvalue weighted by atomic mass is 16.2. The van der Waals surface area contributed by atoms with Crippen molar-refractivity contribution in [1.82, 2.24) is 0 Å². The molecule has 0 heterocycles. The number of carbonyl (C=O) groups is 1. The van der Waals surface area contributed by atoms with Crippen molar-refractivity contribution in [3.8, 4) is 0 Å². The number of carbonyl (C=O) groups excluding carboxylic acids is 1. The van der Waals surface area contributed by atoms with Crippen molar-refractivity contribution < 1.29 is 4.79 Å². The van der Waals surface area contributed by atoms with Gasteiger partial charge in [0.05, 0.1) is 0 Å². The Balaban J connectivity index is 1.84. The molecule has 0 unspecified atom stereocenters. The van der Waals surface area contributed by atoms with Gasteiger partial charge in [0.2, 0.25) is 0 Å². The van der Waals surface area contributed by atoms with Crippen molar-refractivity contribution in [3.63, 3.8) is 0 Å². The van der Waals surface area contributed by atoms with Gasteiger partial charge in [0.25, 0.3) is 5.91 Å². The van der Waals surface area contributed by atoms with Crippen LogP contribution in [0.25, 0.3) is 10.8 Å². The van der Waals surface area contributed by atoms with E-state index in [-0.39, 0.29) is 5.91 Å². The third kappa shape index (κ3) is 3.93. The zero-order valence-electron chi connectivity index (χ0n) is 16.7. The number of nitrogens with zero attached hydrogens (tertiary/aromatic N) is 1. The van der Waals surface area contributed by atoms with Crippen LogP contribution >= 0.6 is 0 Å². The molecule has 29 heavy (non-hydrogen) atoms. The topological polar surface area (TPSA) is 20.3 Å². The lowest BCUT2D eigenvalue weighted by Gasteiger charge is -2.24. The predicted molar refractivity (Wildman–Crippen MR) is 122 cm³/mol. The van der Waals surface area contributed by atoms with E-state index in [1.54, 1.807) is 4.90 Å². The molecule has 4 rings (SSSR count). The van der Waals surface area contributed by atoms with Crippen molar-refractivity contribution in [1.29, 1.82) is 0 Å². The summed E-state index contributed by atoms with van der Waals surface area (Å²) in [6, 6.07) is 32.1. The van der Waals surface area contributed by atoms with Crippen molar-refractivity contribution in [2.24, 2.45) is 0 Å². The predicted octanol–water partition coefficient (Wildman–Crippen LogP) is 7.16. The van der Waals surface area contributed by atoms with Crippen molar-refractivity contribution in [2.45, 2.75) is 26.2 Å². The van der Waals surface area contributed by atoms with E-state index < -0.39 is 0 Å². The molecule has 0 fully saturated rings. The average molecular weight is 380 g/mol. The zero-order chi connectivity index (χ0) is 20.1. The highest BCUT2D eigenvalue weighted by Gasteiger charge is 2.22. The van der Waals surface area contributed by atoms with Gasteiger partial charge in [-0.15, -0.1) is 0 Å². The molecule has 0 aliphatic carbocycles. The van der Waals surface area contributed by atoms with Gasteiger partial charge in [0.1, 0.15) is 0 Å². The monoisotopic (exact) mass is 379 g/mol. The average Bonchev–Trinajstić information content (AvgIpc) is 2.79. The largest absolute Gasteiger partial charge is 0.277 e. The lowest BCUT2D eigenvalue weighted by molar-refractivity contribution is 0.100. The van der Waals surface area contributed by atoms with Crippen molar-refractivity contribution >= 4 is 28.1 Å². The van der Waals surface area contributed by atoms with Gasteiger partial charge in [-0.3, -0.25) is 9.69 Å². The summed E-state index contributed by atoms with van der Waals surface area (Å²) < 4.78 is 0. The van der Waals surface area contributed by atoms with E-state index in [0.29, 0.717) is 0 Å². The van der Waals surface area contributed by atoms with Gasteiger partial charge in [0, 0.05) is 16.9 Å². The molecular weight excluding hydrogens is 354 g/mol. The van der Waals surface area contributed by atoms with E-state index in [0.717, 1.165) is 41.6 Å². The number of hydrogen-bond acceptors (Lipinski definition) is 1. The lowest BCUT2D eigenvalue weighted by Crippen LogP contribution is -2.26. The molecule has 0 bridgehead atoms. The number of fused-ring (bicyclic) bond motifs is 1. The Kier molecular flexibility index (Phi) is 5.71. The molecule has 0 atom stereocenters. The van der Waals surface area contributed by atoms with Crippen LogP contribution in [-0.2, 0) is 6.42 Å². The van der Waals surface area contributed by atoms with Gasteiger partial charge in [-0.05, 0) is 59.5 Å². The van der Waals surface area contributed by atoms with Crippen molar-refractivity contribution in [2.75, 3.05) is 4.90 Å². The van der Waals surface area contributed by atoms with Crippen molar-refractivity contribution in [3.05, 3.63) is 108 Å². The number of hydrogen-bond donors (Lipinski definition) is 0. The summed E-state index contributed by atoms with van der Waals surface area (Å²) in [5.74, 6) is -0.0133. The molecule has 0 saturated carbocycles. The number of anilines is 2. The van der Waals surface area contributed by atoms with Crippen LogP contribution in [0.1, 0.15) is 35.7 Å². The summed E-state index contributed by atoms with van der Waals surface area (Å²) in [7, 11) is 0. The Hall–Kier alpha value is -3.39. The van der Waals surface area contributed by atoms with E-state index in [2.05, 4.69) is 31.2 Å². The highest BCUT2D eigenvalue weighted by molar-refractivity contribution is 6.17. The van der Waals surface area contributed by atoms with Gasteiger partial charge < -0.3 is 0 Å². The smallest absolute Gasteiger partial charge is 0.263 e. The molecule has 1 amide bonds. The second kappa shape index (κ2) is 8.74. The number of benzene rings is 4. The normalized spacial score (nSPS) is 10.8. The summed E-state index contributed by atoms with van der Waals surface area (Å²) in [4.78, 5) is 15.6. The van der Waals surface area contributed by atoms with Crippen LogP contribution in [-0.4, -0.2) is 5.91 Å². The first kappa shape index (κ1) is 18.9. The van der Waals surface area contributed by atoms with E-state index in [4.69, 9.17) is 0 Å². The first-order chi connectivity index (χ1) is 14.3. The maximum absolute atomic E-state index is 13.8. The molecule has 0 spiro atoms. The Labute approximate surface area is 172 Å². The molecule has 0 aliphatic rings. The quantitative estimate of drug-likeness (QED) is 0.348. The number of rotatable bonds is 6. The molecule has 4 aromatic rings. The number of aryl methyl sites for hydroxylation is 1. The fraction of sp³-hybridized carbons (Fsp3) is 0.148. The third-order valence-corrected chi connectivity index (χ3v) is 5.28. The van der Waals surface area contributed by atoms with Gasteiger partial charge >= 0.3 is 0 Å². The maximum atomic E-state index is 13.8. The van der Waals surface area contributed by atoms with E-state index in [1.165, 1.54) is 10.9 Å². The van der Waals surface area contributed by atoms with Crippen LogP contribution in [0.4, 0.5) is 11.4 Å². The van der Waals surface area contributed by atoms with Gasteiger partial charge in [-0.25, -0.2) is 0 Å². The minimum atomic E-state index is -0.0133.